The summed E-state index contributed by atoms with van der Waals surface area (Å²) in [6.45, 7) is 1.14. The molecule has 1 aromatic carbocycles. The Kier molecular flexibility index (Phi) is 5.36. The van der Waals surface area contributed by atoms with Gasteiger partial charge in [0.1, 0.15) is 6.33 Å². The molecule has 1 heterocycles. The van der Waals surface area contributed by atoms with Crippen LogP contribution in [-0.2, 0) is 0 Å². The Morgan fingerprint density at radius 2 is 1.89 bits per heavy atom. The number of hydrogen-bond donors (Lipinski definition) is 0. The van der Waals surface area contributed by atoms with Crippen molar-refractivity contribution in [3.8, 4) is 11.3 Å². The average Bonchev–Trinajstić information content (AvgIpc) is 2.45. The van der Waals surface area contributed by atoms with E-state index in [-0.39, 0.29) is 0 Å². The van der Waals surface area contributed by atoms with Crippen LogP contribution in [0.1, 0.15) is 6.42 Å². The van der Waals surface area contributed by atoms with Crippen LogP contribution in [0.4, 0.5) is 0 Å². The number of thioether (sulfide) groups is 1. The van der Waals surface area contributed by atoms with Gasteiger partial charge in [-0.25, -0.2) is 9.97 Å². The van der Waals surface area contributed by atoms with Crippen molar-refractivity contribution in [3.05, 3.63) is 42.9 Å². The van der Waals surface area contributed by atoms with Crippen LogP contribution < -0.4 is 0 Å². The van der Waals surface area contributed by atoms with E-state index in [1.165, 1.54) is 11.3 Å². The Morgan fingerprint density at radius 1 is 1.11 bits per heavy atom. The topological polar surface area (TPSA) is 29.0 Å². The van der Waals surface area contributed by atoms with Crippen LogP contribution in [0.25, 0.3) is 11.3 Å². The van der Waals surface area contributed by atoms with Gasteiger partial charge in [0.2, 0.25) is 0 Å². The first kappa shape index (κ1) is 14.0. The van der Waals surface area contributed by atoms with Gasteiger partial charge in [-0.15, -0.1) is 11.8 Å². The molecule has 19 heavy (non-hydrogen) atoms. The van der Waals surface area contributed by atoms with Gasteiger partial charge in [-0.1, -0.05) is 12.1 Å². The van der Waals surface area contributed by atoms with E-state index in [0.29, 0.717) is 0 Å². The summed E-state index contributed by atoms with van der Waals surface area (Å²) in [5.74, 6) is 1.16. The highest BCUT2D eigenvalue weighted by Gasteiger charge is 1.99. The van der Waals surface area contributed by atoms with Crippen molar-refractivity contribution in [2.45, 2.75) is 11.3 Å². The second kappa shape index (κ2) is 7.26. The average molecular weight is 273 g/mol. The molecule has 0 aliphatic carbocycles. The zero-order valence-corrected chi connectivity index (χ0v) is 12.2. The third kappa shape index (κ3) is 4.65. The van der Waals surface area contributed by atoms with Crippen molar-refractivity contribution in [1.82, 2.24) is 14.9 Å². The van der Waals surface area contributed by atoms with Crippen molar-refractivity contribution >= 4 is 11.8 Å². The van der Waals surface area contributed by atoms with Crippen molar-refractivity contribution in [3.63, 3.8) is 0 Å². The van der Waals surface area contributed by atoms with Crippen molar-refractivity contribution in [2.24, 2.45) is 0 Å². The van der Waals surface area contributed by atoms with Gasteiger partial charge in [-0.3, -0.25) is 0 Å². The van der Waals surface area contributed by atoms with Crippen LogP contribution in [0, 0.1) is 0 Å². The first-order chi connectivity index (χ1) is 9.25. The number of rotatable bonds is 6. The molecular formula is C15H19N3S. The molecule has 0 spiro atoms. The number of benzene rings is 1. The van der Waals surface area contributed by atoms with Gasteiger partial charge in [0.25, 0.3) is 0 Å². The van der Waals surface area contributed by atoms with Crippen LogP contribution >= 0.6 is 11.8 Å². The van der Waals surface area contributed by atoms with Gasteiger partial charge in [-0.05, 0) is 51.0 Å². The molecule has 2 rings (SSSR count). The van der Waals surface area contributed by atoms with Crippen LogP contribution in [-0.4, -0.2) is 41.3 Å². The Balaban J connectivity index is 1.88. The lowest BCUT2D eigenvalue weighted by Gasteiger charge is -2.08. The summed E-state index contributed by atoms with van der Waals surface area (Å²) in [5.41, 5.74) is 2.11. The maximum absolute atomic E-state index is 4.25. The molecule has 0 radical (unpaired) electrons. The van der Waals surface area contributed by atoms with Crippen LogP contribution in [0.2, 0.25) is 0 Å². The summed E-state index contributed by atoms with van der Waals surface area (Å²) < 4.78 is 0. The normalized spacial score (nSPS) is 10.9. The summed E-state index contributed by atoms with van der Waals surface area (Å²) >= 11 is 1.91. The smallest absolute Gasteiger partial charge is 0.116 e. The molecule has 0 atom stereocenters. The minimum Gasteiger partial charge on any atom is -0.309 e. The van der Waals surface area contributed by atoms with Crippen molar-refractivity contribution in [2.75, 3.05) is 26.4 Å². The third-order valence-electron chi connectivity index (χ3n) is 2.75. The van der Waals surface area contributed by atoms with Crippen LogP contribution in [0.3, 0.4) is 0 Å². The number of nitrogens with zero attached hydrogens (tertiary/aromatic N) is 3. The lowest BCUT2D eigenvalue weighted by molar-refractivity contribution is 0.410. The minimum absolute atomic E-state index is 0.971. The molecule has 0 aliphatic rings. The van der Waals surface area contributed by atoms with Gasteiger partial charge in [0, 0.05) is 16.7 Å². The van der Waals surface area contributed by atoms with Gasteiger partial charge in [0.15, 0.2) is 0 Å². The van der Waals surface area contributed by atoms with E-state index in [1.54, 1.807) is 12.5 Å². The van der Waals surface area contributed by atoms with Gasteiger partial charge >= 0.3 is 0 Å². The van der Waals surface area contributed by atoms with Crippen LogP contribution in [0.5, 0.6) is 0 Å². The summed E-state index contributed by atoms with van der Waals surface area (Å²) in [7, 11) is 4.22. The molecule has 0 saturated heterocycles. The molecular weight excluding hydrogens is 254 g/mol. The largest absolute Gasteiger partial charge is 0.309 e. The van der Waals surface area contributed by atoms with Gasteiger partial charge < -0.3 is 4.90 Å². The predicted octanol–water partition coefficient (Wildman–Crippen LogP) is 3.19. The maximum Gasteiger partial charge on any atom is 0.116 e. The fraction of sp³-hybridized carbons (Fsp3) is 0.333. The van der Waals surface area contributed by atoms with E-state index in [4.69, 9.17) is 0 Å². The number of aromatic nitrogens is 2. The fourth-order valence-corrected chi connectivity index (χ4v) is 2.59. The summed E-state index contributed by atoms with van der Waals surface area (Å²) in [6.07, 6.45) is 4.57. The van der Waals surface area contributed by atoms with E-state index in [2.05, 4.69) is 53.2 Å². The molecule has 1 aromatic heterocycles. The molecule has 0 bridgehead atoms. The molecule has 0 fully saturated rings. The summed E-state index contributed by atoms with van der Waals surface area (Å²) in [5, 5.41) is 0. The zero-order valence-electron chi connectivity index (χ0n) is 11.4. The predicted molar refractivity (Wildman–Crippen MR) is 81.4 cm³/mol. The summed E-state index contributed by atoms with van der Waals surface area (Å²) in [6, 6.07) is 10.5. The van der Waals surface area contributed by atoms with Crippen LogP contribution in [0.15, 0.2) is 47.8 Å². The zero-order chi connectivity index (χ0) is 13.5. The second-order valence-electron chi connectivity index (χ2n) is 4.62. The Hall–Kier alpha value is -1.39. The van der Waals surface area contributed by atoms with Crippen molar-refractivity contribution < 1.29 is 0 Å². The molecule has 0 N–H and O–H groups in total. The Labute approximate surface area is 119 Å². The molecule has 0 amide bonds. The molecule has 0 aliphatic heterocycles. The Bertz CT molecular complexity index is 483. The highest BCUT2D eigenvalue weighted by atomic mass is 32.2. The maximum atomic E-state index is 4.25. The molecule has 0 unspecified atom stereocenters. The molecule has 4 heteroatoms. The van der Waals surface area contributed by atoms with E-state index in [9.17, 15) is 0 Å². The SMILES string of the molecule is CN(C)CCCSc1ccc(-c2ccncn2)cc1. The quantitative estimate of drug-likeness (QED) is 0.597. The molecule has 3 nitrogen and oxygen atoms in total. The highest BCUT2D eigenvalue weighted by molar-refractivity contribution is 7.99. The lowest BCUT2D eigenvalue weighted by atomic mass is 10.1. The second-order valence-corrected chi connectivity index (χ2v) is 5.79. The first-order valence-electron chi connectivity index (χ1n) is 6.40. The van der Waals surface area contributed by atoms with Crippen molar-refractivity contribution in [1.29, 1.82) is 0 Å². The van der Waals surface area contributed by atoms with E-state index >= 15 is 0 Å². The first-order valence-corrected chi connectivity index (χ1v) is 7.38. The monoisotopic (exact) mass is 273 g/mol. The number of hydrogen-bond acceptors (Lipinski definition) is 4. The highest BCUT2D eigenvalue weighted by Crippen LogP contribution is 2.23. The molecule has 0 saturated carbocycles. The summed E-state index contributed by atoms with van der Waals surface area (Å²) in [4.78, 5) is 11.7. The van der Waals surface area contributed by atoms with E-state index in [0.717, 1.165) is 23.6 Å². The van der Waals surface area contributed by atoms with E-state index in [1.807, 2.05) is 17.8 Å². The standard InChI is InChI=1S/C15H19N3S/c1-18(2)10-3-11-19-14-6-4-13(5-7-14)15-8-9-16-12-17-15/h4-9,12H,3,10-11H2,1-2H3. The lowest BCUT2D eigenvalue weighted by Crippen LogP contribution is -2.13. The molecule has 100 valence electrons. The minimum atomic E-state index is 0.971. The van der Waals surface area contributed by atoms with Gasteiger partial charge in [-0.2, -0.15) is 0 Å². The Morgan fingerprint density at radius 3 is 2.53 bits per heavy atom. The fourth-order valence-electron chi connectivity index (χ4n) is 1.75. The molecule has 2 aromatic rings. The van der Waals surface area contributed by atoms with E-state index < -0.39 is 0 Å². The van der Waals surface area contributed by atoms with Gasteiger partial charge in [0.05, 0.1) is 5.69 Å². The third-order valence-corrected chi connectivity index (χ3v) is 3.85.